The Bertz CT molecular complexity index is 796. The first kappa shape index (κ1) is 17.1. The van der Waals surface area contributed by atoms with Crippen molar-refractivity contribution < 1.29 is 23.5 Å². The zero-order valence-electron chi connectivity index (χ0n) is 14.1. The van der Waals surface area contributed by atoms with E-state index in [1.54, 1.807) is 30.7 Å². The van der Waals surface area contributed by atoms with E-state index in [1.165, 1.54) is 12.1 Å². The minimum absolute atomic E-state index is 0.203. The first-order valence-electron chi connectivity index (χ1n) is 8.19. The van der Waals surface area contributed by atoms with Crippen molar-refractivity contribution in [2.24, 2.45) is 0 Å². The van der Waals surface area contributed by atoms with Crippen LogP contribution in [0.2, 0.25) is 0 Å². The zero-order chi connectivity index (χ0) is 18.0. The molecular weight excluding hydrogens is 327 g/mol. The summed E-state index contributed by atoms with van der Waals surface area (Å²) >= 11 is 0. The summed E-state index contributed by atoms with van der Waals surface area (Å²) in [7, 11) is 0. The fourth-order valence-electron chi connectivity index (χ4n) is 2.89. The highest BCUT2D eigenvalue weighted by molar-refractivity contribution is 5.91. The highest BCUT2D eigenvalue weighted by atomic mass is 19.1. The molecule has 25 heavy (non-hydrogen) atoms. The molecule has 0 bridgehead atoms. The number of hydrogen-bond donors (Lipinski definition) is 0. The van der Waals surface area contributed by atoms with Crippen molar-refractivity contribution in [3.05, 3.63) is 47.0 Å². The standard InChI is InChI=1S/C18H19FN2O4/c1-11(2)25-16(22)10-24-18(23)17-14-4-3-5-15(14)21(20-17)13-8-6-12(19)7-9-13/h6-9,11H,3-5,10H2,1-2H3. The number of esters is 2. The van der Waals surface area contributed by atoms with E-state index in [9.17, 15) is 14.0 Å². The number of halogens is 1. The molecule has 1 aliphatic rings. The van der Waals surface area contributed by atoms with Crippen LogP contribution < -0.4 is 0 Å². The maximum absolute atomic E-state index is 13.1. The number of rotatable bonds is 5. The number of carbonyl (C=O) groups excluding carboxylic acids is 2. The largest absolute Gasteiger partial charge is 0.460 e. The molecule has 0 radical (unpaired) electrons. The second-order valence-electron chi connectivity index (χ2n) is 6.13. The van der Waals surface area contributed by atoms with Crippen LogP contribution in [0.5, 0.6) is 0 Å². The minimum atomic E-state index is -0.653. The first-order valence-corrected chi connectivity index (χ1v) is 8.19. The lowest BCUT2D eigenvalue weighted by molar-refractivity contribution is -0.151. The Morgan fingerprint density at radius 3 is 2.64 bits per heavy atom. The molecule has 6 nitrogen and oxygen atoms in total. The Kier molecular flexibility index (Phi) is 4.83. The normalized spacial score (nSPS) is 13.0. The van der Waals surface area contributed by atoms with Crippen molar-refractivity contribution in [2.45, 2.75) is 39.2 Å². The highest BCUT2D eigenvalue weighted by Crippen LogP contribution is 2.28. The summed E-state index contributed by atoms with van der Waals surface area (Å²) in [6, 6.07) is 5.91. The van der Waals surface area contributed by atoms with Crippen LogP contribution in [0.1, 0.15) is 42.0 Å². The number of aromatic nitrogens is 2. The molecule has 7 heteroatoms. The molecule has 3 rings (SSSR count). The van der Waals surface area contributed by atoms with Crippen LogP contribution in [-0.2, 0) is 27.1 Å². The van der Waals surface area contributed by atoms with Crippen LogP contribution in [0.15, 0.2) is 24.3 Å². The zero-order valence-corrected chi connectivity index (χ0v) is 14.1. The molecule has 0 saturated heterocycles. The Balaban J connectivity index is 1.80. The summed E-state index contributed by atoms with van der Waals surface area (Å²) in [5.41, 5.74) is 2.63. The number of benzene rings is 1. The number of nitrogens with zero attached hydrogens (tertiary/aromatic N) is 2. The van der Waals surface area contributed by atoms with Crippen molar-refractivity contribution in [2.75, 3.05) is 6.61 Å². The van der Waals surface area contributed by atoms with E-state index in [2.05, 4.69) is 5.10 Å². The average Bonchev–Trinajstić information content (AvgIpc) is 3.15. The maximum Gasteiger partial charge on any atom is 0.359 e. The molecule has 0 atom stereocenters. The van der Waals surface area contributed by atoms with Crippen molar-refractivity contribution in [3.8, 4) is 5.69 Å². The summed E-state index contributed by atoms with van der Waals surface area (Å²) in [6.07, 6.45) is 2.14. The third-order valence-corrected chi connectivity index (χ3v) is 3.88. The van der Waals surface area contributed by atoms with Crippen LogP contribution in [0.25, 0.3) is 5.69 Å². The molecule has 0 spiro atoms. The van der Waals surface area contributed by atoms with Gasteiger partial charge in [0.2, 0.25) is 0 Å². The van der Waals surface area contributed by atoms with Gasteiger partial charge < -0.3 is 9.47 Å². The molecule has 1 heterocycles. The van der Waals surface area contributed by atoms with Gasteiger partial charge in [-0.25, -0.2) is 18.7 Å². The quantitative estimate of drug-likeness (QED) is 0.779. The number of carbonyl (C=O) groups is 2. The monoisotopic (exact) mass is 346 g/mol. The molecule has 132 valence electrons. The van der Waals surface area contributed by atoms with Gasteiger partial charge in [0.1, 0.15) is 5.82 Å². The summed E-state index contributed by atoms with van der Waals surface area (Å²) in [4.78, 5) is 23.8. The van der Waals surface area contributed by atoms with Crippen LogP contribution in [0.3, 0.4) is 0 Å². The van der Waals surface area contributed by atoms with Crippen molar-refractivity contribution in [3.63, 3.8) is 0 Å². The van der Waals surface area contributed by atoms with Gasteiger partial charge in [-0.05, 0) is 57.4 Å². The fourth-order valence-corrected chi connectivity index (χ4v) is 2.89. The smallest absolute Gasteiger partial charge is 0.359 e. The number of fused-ring (bicyclic) bond motifs is 1. The van der Waals surface area contributed by atoms with Crippen LogP contribution in [-0.4, -0.2) is 34.4 Å². The van der Waals surface area contributed by atoms with Crippen molar-refractivity contribution in [1.82, 2.24) is 9.78 Å². The Morgan fingerprint density at radius 2 is 1.96 bits per heavy atom. The summed E-state index contributed by atoms with van der Waals surface area (Å²) in [5, 5.41) is 4.34. The molecule has 0 aliphatic heterocycles. The first-order chi connectivity index (χ1) is 12.0. The second-order valence-corrected chi connectivity index (χ2v) is 6.13. The third kappa shape index (κ3) is 3.70. The molecule has 0 amide bonds. The van der Waals surface area contributed by atoms with E-state index < -0.39 is 18.5 Å². The van der Waals surface area contributed by atoms with Gasteiger partial charge in [-0.2, -0.15) is 5.10 Å². The maximum atomic E-state index is 13.1. The molecule has 0 N–H and O–H groups in total. The topological polar surface area (TPSA) is 70.4 Å². The fraction of sp³-hybridized carbons (Fsp3) is 0.389. The summed E-state index contributed by atoms with van der Waals surface area (Å²) in [5.74, 6) is -1.59. The Morgan fingerprint density at radius 1 is 1.24 bits per heavy atom. The van der Waals surface area contributed by atoms with Gasteiger partial charge >= 0.3 is 11.9 Å². The van der Waals surface area contributed by atoms with Crippen molar-refractivity contribution >= 4 is 11.9 Å². The van der Waals surface area contributed by atoms with Gasteiger partial charge in [0.25, 0.3) is 0 Å². The number of hydrogen-bond acceptors (Lipinski definition) is 5. The SMILES string of the molecule is CC(C)OC(=O)COC(=O)c1nn(-c2ccc(F)cc2)c2c1CCC2. The Labute approximate surface area is 144 Å². The van der Waals surface area contributed by atoms with E-state index >= 15 is 0 Å². The van der Waals surface area contributed by atoms with Gasteiger partial charge in [-0.3, -0.25) is 0 Å². The summed E-state index contributed by atoms with van der Waals surface area (Å²) < 4.78 is 24.7. The van der Waals surface area contributed by atoms with Gasteiger partial charge in [0.15, 0.2) is 12.3 Å². The molecule has 2 aromatic rings. The lowest BCUT2D eigenvalue weighted by atomic mass is 10.2. The second kappa shape index (κ2) is 7.04. The van der Waals surface area contributed by atoms with Crippen LogP contribution >= 0.6 is 0 Å². The average molecular weight is 346 g/mol. The van der Waals surface area contributed by atoms with Gasteiger partial charge in [0.05, 0.1) is 11.8 Å². The molecule has 1 aliphatic carbocycles. The minimum Gasteiger partial charge on any atom is -0.460 e. The van der Waals surface area contributed by atoms with E-state index in [-0.39, 0.29) is 17.6 Å². The van der Waals surface area contributed by atoms with Crippen LogP contribution in [0.4, 0.5) is 4.39 Å². The number of ether oxygens (including phenoxy) is 2. The molecule has 0 saturated carbocycles. The van der Waals surface area contributed by atoms with Gasteiger partial charge in [0, 0.05) is 11.3 Å². The van der Waals surface area contributed by atoms with Crippen LogP contribution in [0, 0.1) is 5.82 Å². The third-order valence-electron chi connectivity index (χ3n) is 3.88. The van der Waals surface area contributed by atoms with Crippen molar-refractivity contribution in [1.29, 1.82) is 0 Å². The molecule has 0 unspecified atom stereocenters. The highest BCUT2D eigenvalue weighted by Gasteiger charge is 2.28. The van der Waals surface area contributed by atoms with Gasteiger partial charge in [-0.15, -0.1) is 0 Å². The van der Waals surface area contributed by atoms with E-state index in [4.69, 9.17) is 9.47 Å². The van der Waals surface area contributed by atoms with E-state index in [0.717, 1.165) is 30.5 Å². The lowest BCUT2D eigenvalue weighted by Crippen LogP contribution is -2.20. The lowest BCUT2D eigenvalue weighted by Gasteiger charge is -2.08. The molecule has 1 aromatic heterocycles. The Hall–Kier alpha value is -2.70. The van der Waals surface area contributed by atoms with E-state index in [1.807, 2.05) is 0 Å². The predicted octanol–water partition coefficient (Wildman–Crippen LogP) is 2.61. The molecule has 0 fully saturated rings. The molecule has 1 aromatic carbocycles. The molecular formula is C18H19FN2O4. The van der Waals surface area contributed by atoms with E-state index in [0.29, 0.717) is 5.69 Å². The summed E-state index contributed by atoms with van der Waals surface area (Å²) in [6.45, 7) is 2.99. The predicted molar refractivity (Wildman–Crippen MR) is 87.1 cm³/mol. The van der Waals surface area contributed by atoms with Gasteiger partial charge in [-0.1, -0.05) is 0 Å².